The van der Waals surface area contributed by atoms with Gasteiger partial charge in [-0.15, -0.1) is 0 Å². The highest BCUT2D eigenvalue weighted by Crippen LogP contribution is 2.40. The maximum Gasteiger partial charge on any atom is 0.231 e. The zero-order valence-electron chi connectivity index (χ0n) is 22.7. The Kier molecular flexibility index (Phi) is 9.04. The van der Waals surface area contributed by atoms with E-state index in [9.17, 15) is 5.11 Å². The van der Waals surface area contributed by atoms with Crippen molar-refractivity contribution in [1.82, 2.24) is 4.90 Å². The Morgan fingerprint density at radius 3 is 2.10 bits per heavy atom. The van der Waals surface area contributed by atoms with Gasteiger partial charge in [0, 0.05) is 13.7 Å². The lowest BCUT2D eigenvalue weighted by atomic mass is 9.88. The van der Waals surface area contributed by atoms with E-state index in [1.165, 1.54) is 18.4 Å². The molecule has 0 amide bonds. The molecule has 39 heavy (non-hydrogen) atoms. The van der Waals surface area contributed by atoms with Crippen LogP contribution in [0.2, 0.25) is 0 Å². The minimum absolute atomic E-state index is 0.202. The minimum atomic E-state index is -0.505. The number of methoxy groups -OCH3 is 1. The molecule has 7 heteroatoms. The first-order chi connectivity index (χ1) is 19.1. The summed E-state index contributed by atoms with van der Waals surface area (Å²) in [5, 5.41) is 10.4. The summed E-state index contributed by atoms with van der Waals surface area (Å²) in [4.78, 5) is 2.29. The summed E-state index contributed by atoms with van der Waals surface area (Å²) >= 11 is 0. The topological polar surface area (TPSA) is 69.6 Å². The van der Waals surface area contributed by atoms with Crippen molar-refractivity contribution in [3.05, 3.63) is 83.4 Å². The van der Waals surface area contributed by atoms with Crippen LogP contribution in [-0.2, 0) is 4.74 Å². The van der Waals surface area contributed by atoms with Crippen molar-refractivity contribution < 1.29 is 28.8 Å². The molecule has 1 fully saturated rings. The van der Waals surface area contributed by atoms with Crippen LogP contribution in [0, 0.1) is 0 Å². The number of ether oxygens (including phenoxy) is 5. The van der Waals surface area contributed by atoms with Crippen molar-refractivity contribution >= 4 is 11.1 Å². The molecule has 0 saturated carbocycles. The Morgan fingerprint density at radius 1 is 0.846 bits per heavy atom. The average Bonchev–Trinajstić information content (AvgIpc) is 3.66. The van der Waals surface area contributed by atoms with Crippen molar-refractivity contribution in [3.8, 4) is 23.0 Å². The highest BCUT2D eigenvalue weighted by atomic mass is 16.7. The SMILES string of the molecule is CC/C(=C(\c1ccc(OCOC)cc1)c1ccc(OCC(O)CN2CCCC2)cc1)c1ccc2c(c1)OCO2. The van der Waals surface area contributed by atoms with Crippen molar-refractivity contribution in [2.75, 3.05) is 46.9 Å². The van der Waals surface area contributed by atoms with E-state index in [0.717, 1.165) is 64.8 Å². The van der Waals surface area contributed by atoms with Crippen molar-refractivity contribution in [1.29, 1.82) is 0 Å². The number of aliphatic hydroxyl groups excluding tert-OH is 1. The summed E-state index contributed by atoms with van der Waals surface area (Å²) in [6.45, 7) is 5.66. The molecule has 5 rings (SSSR count). The Bertz CT molecular complexity index is 1250. The first-order valence-corrected chi connectivity index (χ1v) is 13.6. The lowest BCUT2D eigenvalue weighted by Gasteiger charge is -2.20. The van der Waals surface area contributed by atoms with Gasteiger partial charge in [0.15, 0.2) is 18.3 Å². The third-order valence-corrected chi connectivity index (χ3v) is 7.12. The minimum Gasteiger partial charge on any atom is -0.491 e. The smallest absolute Gasteiger partial charge is 0.231 e. The van der Waals surface area contributed by atoms with Crippen LogP contribution in [0.5, 0.6) is 23.0 Å². The zero-order chi connectivity index (χ0) is 27.0. The molecule has 7 nitrogen and oxygen atoms in total. The third-order valence-electron chi connectivity index (χ3n) is 7.12. The monoisotopic (exact) mass is 531 g/mol. The molecule has 206 valence electrons. The molecule has 1 atom stereocenters. The Balaban J connectivity index is 1.42. The number of hydrogen-bond donors (Lipinski definition) is 1. The van der Waals surface area contributed by atoms with Gasteiger partial charge in [0.25, 0.3) is 0 Å². The van der Waals surface area contributed by atoms with E-state index in [4.69, 9.17) is 23.7 Å². The molecule has 3 aromatic carbocycles. The van der Waals surface area contributed by atoms with Gasteiger partial charge < -0.3 is 33.7 Å². The van der Waals surface area contributed by atoms with Crippen LogP contribution in [0.3, 0.4) is 0 Å². The molecule has 3 aromatic rings. The molecule has 2 heterocycles. The summed E-state index contributed by atoms with van der Waals surface area (Å²) in [5.41, 5.74) is 5.54. The van der Waals surface area contributed by atoms with Gasteiger partial charge in [-0.05, 0) is 96.6 Å². The summed E-state index contributed by atoms with van der Waals surface area (Å²) in [6.07, 6.45) is 2.73. The average molecular weight is 532 g/mol. The Morgan fingerprint density at radius 2 is 1.46 bits per heavy atom. The van der Waals surface area contributed by atoms with E-state index in [2.05, 4.69) is 48.2 Å². The third kappa shape index (κ3) is 6.74. The van der Waals surface area contributed by atoms with Crippen LogP contribution < -0.4 is 18.9 Å². The van der Waals surface area contributed by atoms with Gasteiger partial charge in [-0.1, -0.05) is 37.3 Å². The van der Waals surface area contributed by atoms with Crippen LogP contribution in [0.15, 0.2) is 66.7 Å². The number of allylic oxidation sites excluding steroid dienone is 1. The lowest BCUT2D eigenvalue weighted by molar-refractivity contribution is 0.0511. The quantitative estimate of drug-likeness (QED) is 0.241. The normalized spacial score (nSPS) is 16.2. The predicted molar refractivity (Wildman–Crippen MR) is 151 cm³/mol. The fraction of sp³-hybridized carbons (Fsp3) is 0.375. The van der Waals surface area contributed by atoms with Gasteiger partial charge in [-0.3, -0.25) is 0 Å². The van der Waals surface area contributed by atoms with E-state index in [1.807, 2.05) is 30.3 Å². The predicted octanol–water partition coefficient (Wildman–Crippen LogP) is 5.60. The first-order valence-electron chi connectivity index (χ1n) is 13.6. The number of likely N-dealkylation sites (tertiary alicyclic amines) is 1. The molecule has 2 aliphatic heterocycles. The number of rotatable bonds is 12. The fourth-order valence-electron chi connectivity index (χ4n) is 5.20. The first kappa shape index (κ1) is 27.1. The Labute approximate surface area is 230 Å². The highest BCUT2D eigenvalue weighted by molar-refractivity contribution is 5.99. The van der Waals surface area contributed by atoms with Crippen LogP contribution in [0.25, 0.3) is 11.1 Å². The number of β-amino-alcohol motifs (C(OH)–C–C–N with tert-alkyl or cyclic N) is 1. The molecule has 1 saturated heterocycles. The number of fused-ring (bicyclic) bond motifs is 1. The highest BCUT2D eigenvalue weighted by Gasteiger charge is 2.19. The van der Waals surface area contributed by atoms with Gasteiger partial charge in [0.1, 0.15) is 24.2 Å². The van der Waals surface area contributed by atoms with Crippen LogP contribution >= 0.6 is 0 Å². The number of hydrogen-bond acceptors (Lipinski definition) is 7. The van der Waals surface area contributed by atoms with E-state index >= 15 is 0 Å². The van der Waals surface area contributed by atoms with Crippen LogP contribution in [0.4, 0.5) is 0 Å². The van der Waals surface area contributed by atoms with Gasteiger partial charge in [0.05, 0.1) is 0 Å². The molecule has 0 radical (unpaired) electrons. The van der Waals surface area contributed by atoms with Gasteiger partial charge >= 0.3 is 0 Å². The van der Waals surface area contributed by atoms with Gasteiger partial charge in [0.2, 0.25) is 6.79 Å². The second-order valence-electron chi connectivity index (χ2n) is 9.85. The van der Waals surface area contributed by atoms with Crippen LogP contribution in [0.1, 0.15) is 42.9 Å². The van der Waals surface area contributed by atoms with E-state index in [1.54, 1.807) is 7.11 Å². The molecule has 1 N–H and O–H groups in total. The summed E-state index contributed by atoms with van der Waals surface area (Å²) < 4.78 is 27.8. The summed E-state index contributed by atoms with van der Waals surface area (Å²) in [7, 11) is 1.61. The standard InChI is InChI=1S/C32H37NO6/c1-3-29(25-10-15-30-31(18-25)39-22-38-30)32(24-8-13-28(14-9-24)37-21-35-2)23-6-11-27(12-7-23)36-20-26(34)19-33-16-4-5-17-33/h6-15,18,26,34H,3-5,16-17,19-22H2,1-2H3/b32-29+. The van der Waals surface area contributed by atoms with Gasteiger partial charge in [-0.25, -0.2) is 0 Å². The molecular formula is C32H37NO6. The molecule has 0 bridgehead atoms. The maximum absolute atomic E-state index is 10.4. The molecule has 0 aliphatic carbocycles. The molecule has 0 spiro atoms. The molecule has 1 unspecified atom stereocenters. The van der Waals surface area contributed by atoms with Crippen LogP contribution in [-0.4, -0.2) is 63.0 Å². The summed E-state index contributed by atoms with van der Waals surface area (Å²) in [6, 6.07) is 22.3. The Hall–Kier alpha value is -3.52. The van der Waals surface area contributed by atoms with Crippen molar-refractivity contribution in [2.45, 2.75) is 32.3 Å². The molecule has 2 aliphatic rings. The van der Waals surface area contributed by atoms with Crippen molar-refractivity contribution in [3.63, 3.8) is 0 Å². The number of benzene rings is 3. The van der Waals surface area contributed by atoms with E-state index in [-0.39, 0.29) is 20.2 Å². The zero-order valence-corrected chi connectivity index (χ0v) is 22.7. The largest absolute Gasteiger partial charge is 0.491 e. The van der Waals surface area contributed by atoms with Gasteiger partial charge in [-0.2, -0.15) is 0 Å². The lowest BCUT2D eigenvalue weighted by Crippen LogP contribution is -2.33. The molecule has 0 aromatic heterocycles. The second kappa shape index (κ2) is 13.0. The van der Waals surface area contributed by atoms with E-state index < -0.39 is 6.10 Å². The number of nitrogens with zero attached hydrogens (tertiary/aromatic N) is 1. The molecular weight excluding hydrogens is 494 g/mol. The fourth-order valence-corrected chi connectivity index (χ4v) is 5.20. The maximum atomic E-state index is 10.4. The second-order valence-corrected chi connectivity index (χ2v) is 9.85. The summed E-state index contributed by atoms with van der Waals surface area (Å²) in [5.74, 6) is 3.02. The van der Waals surface area contributed by atoms with Crippen molar-refractivity contribution in [2.24, 2.45) is 0 Å². The van der Waals surface area contributed by atoms with E-state index in [0.29, 0.717) is 6.54 Å². The number of aliphatic hydroxyl groups is 1.